The van der Waals surface area contributed by atoms with Gasteiger partial charge in [0.15, 0.2) is 0 Å². The fourth-order valence-corrected chi connectivity index (χ4v) is 6.65. The molecule has 1 atom stereocenters. The number of aryl methyl sites for hydroxylation is 1. The van der Waals surface area contributed by atoms with Gasteiger partial charge in [0.05, 0.1) is 17.1 Å². The van der Waals surface area contributed by atoms with Crippen molar-refractivity contribution in [3.8, 4) is 11.5 Å². The van der Waals surface area contributed by atoms with Gasteiger partial charge in [0.2, 0.25) is 0 Å². The second-order valence-electron chi connectivity index (χ2n) is 9.71. The van der Waals surface area contributed by atoms with Crippen molar-refractivity contribution in [1.82, 2.24) is 14.9 Å². The summed E-state index contributed by atoms with van der Waals surface area (Å²) >= 11 is 3.48. The summed E-state index contributed by atoms with van der Waals surface area (Å²) in [5, 5.41) is 0. The van der Waals surface area contributed by atoms with Crippen LogP contribution in [0.4, 0.5) is 0 Å². The average molecular weight is 518 g/mol. The van der Waals surface area contributed by atoms with E-state index in [4.69, 9.17) is 9.47 Å². The van der Waals surface area contributed by atoms with Gasteiger partial charge < -0.3 is 9.47 Å². The lowest BCUT2D eigenvalue weighted by atomic mass is 9.91. The van der Waals surface area contributed by atoms with E-state index in [1.54, 1.807) is 22.7 Å². The number of thiazole rings is 2. The molecule has 2 aliphatic rings. The number of aromatic nitrogens is 2. The maximum Gasteiger partial charge on any atom is 0.124 e. The number of nitrogens with zero attached hydrogens (tertiary/aromatic N) is 3. The van der Waals surface area contributed by atoms with Gasteiger partial charge in [-0.25, -0.2) is 0 Å². The molecular formula is C29H31N3O2S2. The molecule has 0 N–H and O–H groups in total. The number of fused-ring (bicyclic) bond motifs is 1. The Morgan fingerprint density at radius 1 is 0.861 bits per heavy atom. The molecule has 0 saturated heterocycles. The highest BCUT2D eigenvalue weighted by atomic mass is 32.1. The van der Waals surface area contributed by atoms with Crippen LogP contribution in [0.5, 0.6) is 11.5 Å². The van der Waals surface area contributed by atoms with Gasteiger partial charge in [-0.2, -0.15) is 0 Å². The van der Waals surface area contributed by atoms with E-state index < -0.39 is 0 Å². The Morgan fingerprint density at radius 3 is 2.25 bits per heavy atom. The molecule has 0 radical (unpaired) electrons. The van der Waals surface area contributed by atoms with Gasteiger partial charge >= 0.3 is 0 Å². The number of hydrogen-bond donors (Lipinski definition) is 0. The fourth-order valence-electron chi connectivity index (χ4n) is 5.42. The molecule has 0 amide bonds. The van der Waals surface area contributed by atoms with Crippen molar-refractivity contribution in [1.29, 1.82) is 0 Å². The van der Waals surface area contributed by atoms with Crippen molar-refractivity contribution in [2.75, 3.05) is 0 Å². The summed E-state index contributed by atoms with van der Waals surface area (Å²) in [6, 6.07) is 17.4. The largest absolute Gasteiger partial charge is 0.490 e. The van der Waals surface area contributed by atoms with Crippen molar-refractivity contribution in [3.63, 3.8) is 0 Å². The Hall–Kier alpha value is -2.74. The second kappa shape index (κ2) is 11.1. The molecule has 0 bridgehead atoms. The van der Waals surface area contributed by atoms with E-state index in [9.17, 15) is 0 Å². The molecule has 1 aliphatic heterocycles. The molecule has 3 heterocycles. The van der Waals surface area contributed by atoms with Crippen molar-refractivity contribution in [2.24, 2.45) is 0 Å². The van der Waals surface area contributed by atoms with E-state index in [0.717, 1.165) is 63.1 Å². The van der Waals surface area contributed by atoms with Crippen LogP contribution in [0.15, 0.2) is 71.9 Å². The minimum Gasteiger partial charge on any atom is -0.490 e. The van der Waals surface area contributed by atoms with E-state index in [1.165, 1.54) is 20.9 Å². The van der Waals surface area contributed by atoms with Crippen LogP contribution in [0.25, 0.3) is 0 Å². The highest BCUT2D eigenvalue weighted by molar-refractivity contribution is 7.09. The molecule has 4 aromatic rings. The monoisotopic (exact) mass is 517 g/mol. The number of rotatable bonds is 8. The molecule has 0 spiro atoms. The maximum absolute atomic E-state index is 6.48. The molecule has 7 heteroatoms. The third kappa shape index (κ3) is 5.64. The zero-order valence-electron chi connectivity index (χ0n) is 20.3. The minimum absolute atomic E-state index is 0.138. The molecule has 1 saturated carbocycles. The zero-order chi connectivity index (χ0) is 24.2. The summed E-state index contributed by atoms with van der Waals surface area (Å²) in [5.41, 5.74) is 6.36. The van der Waals surface area contributed by atoms with Crippen LogP contribution in [0.3, 0.4) is 0 Å². The van der Waals surface area contributed by atoms with E-state index in [2.05, 4.69) is 63.4 Å². The molecule has 6 rings (SSSR count). The van der Waals surface area contributed by atoms with Gasteiger partial charge in [0, 0.05) is 41.3 Å². The molecule has 36 heavy (non-hydrogen) atoms. The topological polar surface area (TPSA) is 47.5 Å². The normalized spacial score (nSPS) is 21.6. The molecule has 5 nitrogen and oxygen atoms in total. The van der Waals surface area contributed by atoms with Crippen LogP contribution in [-0.4, -0.2) is 27.0 Å². The van der Waals surface area contributed by atoms with Crippen LogP contribution < -0.4 is 9.47 Å². The van der Waals surface area contributed by atoms with E-state index in [-0.39, 0.29) is 12.2 Å². The minimum atomic E-state index is 0.138. The molecule has 186 valence electrons. The Morgan fingerprint density at radius 2 is 1.58 bits per heavy atom. The van der Waals surface area contributed by atoms with Crippen LogP contribution in [0, 0.1) is 0 Å². The standard InChI is InChI=1S/C29H31N3O2S2/c1-2-4-21(5-3-1)28-12-6-22-14-25(11-13-29(22)34-28)33-24-9-7-23(8-10-24)32(17-26-15-30-19-35-26)18-27-16-31-20-36-27/h1-5,11,13-16,19-20,23-24,28H,6-10,12,17-18H2. The van der Waals surface area contributed by atoms with Gasteiger partial charge in [-0.3, -0.25) is 14.9 Å². The predicted octanol–water partition coefficient (Wildman–Crippen LogP) is 7.06. The van der Waals surface area contributed by atoms with Crippen LogP contribution in [0.1, 0.15) is 59.1 Å². The first-order valence-corrected chi connectivity index (χ1v) is 14.6. The maximum atomic E-state index is 6.48. The fraction of sp³-hybridized carbons (Fsp3) is 0.379. The Balaban J connectivity index is 1.05. The summed E-state index contributed by atoms with van der Waals surface area (Å²) in [6.45, 7) is 1.90. The van der Waals surface area contributed by atoms with Crippen molar-refractivity contribution >= 4 is 22.7 Å². The second-order valence-corrected chi connectivity index (χ2v) is 11.7. The van der Waals surface area contributed by atoms with Crippen LogP contribution in [-0.2, 0) is 19.5 Å². The summed E-state index contributed by atoms with van der Waals surface area (Å²) in [7, 11) is 0. The van der Waals surface area contributed by atoms with Gasteiger partial charge in [-0.15, -0.1) is 22.7 Å². The quantitative estimate of drug-likeness (QED) is 0.250. The lowest BCUT2D eigenvalue weighted by Gasteiger charge is -2.36. The average Bonchev–Trinajstić information content (AvgIpc) is 3.64. The Bertz CT molecular complexity index is 1190. The first-order chi connectivity index (χ1) is 17.8. The molecule has 1 aliphatic carbocycles. The number of ether oxygens (including phenoxy) is 2. The third-order valence-electron chi connectivity index (χ3n) is 7.30. The van der Waals surface area contributed by atoms with Gasteiger partial charge in [-0.1, -0.05) is 30.3 Å². The SMILES string of the molecule is c1ccc(C2CCc3cc(OC4CCC(N(Cc5cncs5)Cc5cncs5)CC4)ccc3O2)cc1. The molecular weight excluding hydrogens is 486 g/mol. The predicted molar refractivity (Wildman–Crippen MR) is 145 cm³/mol. The van der Waals surface area contributed by atoms with Crippen molar-refractivity contribution in [3.05, 3.63) is 92.8 Å². The zero-order valence-corrected chi connectivity index (χ0v) is 21.9. The lowest BCUT2D eigenvalue weighted by Crippen LogP contribution is -2.39. The van der Waals surface area contributed by atoms with Gasteiger partial charge in [-0.05, 0) is 67.9 Å². The van der Waals surface area contributed by atoms with Crippen LogP contribution >= 0.6 is 22.7 Å². The number of hydrogen-bond acceptors (Lipinski definition) is 7. The highest BCUT2D eigenvalue weighted by Crippen LogP contribution is 2.37. The molecule has 2 aromatic heterocycles. The smallest absolute Gasteiger partial charge is 0.124 e. The van der Waals surface area contributed by atoms with Crippen molar-refractivity contribution < 1.29 is 9.47 Å². The number of benzene rings is 2. The first kappa shape index (κ1) is 23.6. The van der Waals surface area contributed by atoms with Crippen molar-refractivity contribution in [2.45, 2.75) is 69.9 Å². The van der Waals surface area contributed by atoms with E-state index in [0.29, 0.717) is 6.04 Å². The van der Waals surface area contributed by atoms with E-state index in [1.807, 2.05) is 23.4 Å². The van der Waals surface area contributed by atoms with E-state index >= 15 is 0 Å². The van der Waals surface area contributed by atoms with Crippen LogP contribution in [0.2, 0.25) is 0 Å². The summed E-state index contributed by atoms with van der Waals surface area (Å²) in [6.07, 6.45) is 10.9. The highest BCUT2D eigenvalue weighted by Gasteiger charge is 2.28. The summed E-state index contributed by atoms with van der Waals surface area (Å²) < 4.78 is 12.8. The lowest BCUT2D eigenvalue weighted by molar-refractivity contribution is 0.0803. The first-order valence-electron chi connectivity index (χ1n) is 12.8. The Kier molecular flexibility index (Phi) is 7.30. The Labute approximate surface area is 220 Å². The molecule has 2 aromatic carbocycles. The third-order valence-corrected chi connectivity index (χ3v) is 8.82. The summed E-state index contributed by atoms with van der Waals surface area (Å²) in [4.78, 5) is 13.8. The summed E-state index contributed by atoms with van der Waals surface area (Å²) in [5.74, 6) is 1.97. The van der Waals surface area contributed by atoms with Gasteiger partial charge in [0.1, 0.15) is 17.6 Å². The molecule has 1 unspecified atom stereocenters. The molecule has 1 fully saturated rings. The van der Waals surface area contributed by atoms with Gasteiger partial charge in [0.25, 0.3) is 0 Å².